The predicted molar refractivity (Wildman–Crippen MR) is 222 cm³/mol. The van der Waals surface area contributed by atoms with E-state index in [4.69, 9.17) is 9.84 Å². The molecule has 3 aliphatic heterocycles. The molecule has 302 valence electrons. The molecule has 2 aliphatic carbocycles. The van der Waals surface area contributed by atoms with Crippen LogP contribution in [0.2, 0.25) is 0 Å². The van der Waals surface area contributed by atoms with Gasteiger partial charge >= 0.3 is 0 Å². The van der Waals surface area contributed by atoms with Crippen molar-refractivity contribution >= 4 is 44.4 Å². The molecule has 5 heterocycles. The van der Waals surface area contributed by atoms with Crippen molar-refractivity contribution in [2.45, 2.75) is 134 Å². The average molecular weight is 794 g/mol. The number of carbonyl (C=O) groups excluding carboxylic acids is 2. The third-order valence-electron chi connectivity index (χ3n) is 13.3. The van der Waals surface area contributed by atoms with Gasteiger partial charge in [0.25, 0.3) is 11.8 Å². The first kappa shape index (κ1) is 38.1. The van der Waals surface area contributed by atoms with E-state index in [2.05, 4.69) is 32.2 Å². The smallest absolute Gasteiger partial charge is 0.264 e. The zero-order valence-electron chi connectivity index (χ0n) is 33.6. The van der Waals surface area contributed by atoms with Crippen LogP contribution in [0.5, 0.6) is 5.75 Å². The third kappa shape index (κ3) is 6.90. The standard InChI is InChI=1S/C45H55N5O6S/c1-27(2)26-57(54,55)47-43(51)29-13-17-37-39(21-29)48-25-31(19-30-20-35(56-4)16-18-36(30)42(48)40(37)28-9-6-5-7-10-28)41-38(24-46-50(41)32-11-8-12-32)44(52)49-33-14-15-34(49)23-45(3,53)22-33/h13,16-21,24,27-28,32-34,53H,5-12,14-15,22-23,25-26H2,1-4H3,(H,47,51). The maximum atomic E-state index is 14.9. The number of rotatable bonds is 9. The Bertz CT molecular complexity index is 2380. The molecule has 12 heteroatoms. The van der Waals surface area contributed by atoms with Gasteiger partial charge < -0.3 is 19.3 Å². The lowest BCUT2D eigenvalue weighted by Crippen LogP contribution is -2.52. The predicted octanol–water partition coefficient (Wildman–Crippen LogP) is 8.07. The number of sulfonamides is 1. The summed E-state index contributed by atoms with van der Waals surface area (Å²) in [5.74, 6) is 0.0890. The number of hydrogen-bond acceptors (Lipinski definition) is 7. The molecule has 5 aliphatic rings. The summed E-state index contributed by atoms with van der Waals surface area (Å²) in [7, 11) is -2.16. The number of benzene rings is 2. The fourth-order valence-corrected chi connectivity index (χ4v) is 12.0. The van der Waals surface area contributed by atoms with E-state index in [1.807, 2.05) is 43.9 Å². The summed E-state index contributed by atoms with van der Waals surface area (Å²) in [5.41, 5.74) is 7.06. The van der Waals surface area contributed by atoms with Crippen LogP contribution in [0.4, 0.5) is 0 Å². The van der Waals surface area contributed by atoms with Gasteiger partial charge in [-0.25, -0.2) is 13.1 Å². The van der Waals surface area contributed by atoms with Crippen molar-refractivity contribution in [3.8, 4) is 17.0 Å². The van der Waals surface area contributed by atoms with Crippen LogP contribution in [-0.4, -0.2) is 75.1 Å². The van der Waals surface area contributed by atoms with Gasteiger partial charge in [0.1, 0.15) is 5.75 Å². The van der Waals surface area contributed by atoms with E-state index in [1.54, 1.807) is 19.4 Å². The number of nitrogens with one attached hydrogen (secondary N) is 1. The van der Waals surface area contributed by atoms with Crippen molar-refractivity contribution in [3.05, 3.63) is 70.5 Å². The number of hydrogen-bond donors (Lipinski definition) is 2. The molecule has 2 saturated heterocycles. The van der Waals surface area contributed by atoms with E-state index >= 15 is 0 Å². The van der Waals surface area contributed by atoms with E-state index < -0.39 is 21.5 Å². The molecule has 11 nitrogen and oxygen atoms in total. The van der Waals surface area contributed by atoms with Gasteiger partial charge in [-0.2, -0.15) is 5.10 Å². The van der Waals surface area contributed by atoms with Crippen LogP contribution in [0, 0.1) is 5.92 Å². The van der Waals surface area contributed by atoms with Crippen LogP contribution in [0.1, 0.15) is 147 Å². The van der Waals surface area contributed by atoms with Crippen molar-refractivity contribution in [1.82, 2.24) is 24.0 Å². The fourth-order valence-electron chi connectivity index (χ4n) is 10.7. The molecular formula is C45H55N5O6S. The molecule has 2 atom stereocenters. The van der Waals surface area contributed by atoms with Crippen molar-refractivity contribution < 1.29 is 27.9 Å². The topological polar surface area (TPSA) is 136 Å². The first-order chi connectivity index (χ1) is 27.3. The van der Waals surface area contributed by atoms with Gasteiger partial charge in [0.05, 0.1) is 54.2 Å². The summed E-state index contributed by atoms with van der Waals surface area (Å²) in [6.45, 7) is 5.93. The molecule has 2 aromatic heterocycles. The monoisotopic (exact) mass is 793 g/mol. The van der Waals surface area contributed by atoms with Gasteiger partial charge in [0.15, 0.2) is 0 Å². The highest BCUT2D eigenvalue weighted by Crippen LogP contribution is 2.49. The molecular weight excluding hydrogens is 739 g/mol. The Morgan fingerprint density at radius 2 is 1.68 bits per heavy atom. The minimum Gasteiger partial charge on any atom is -0.497 e. The van der Waals surface area contributed by atoms with E-state index in [0.717, 1.165) is 103 Å². The number of allylic oxidation sites excluding steroid dienone is 1. The number of methoxy groups -OCH3 is 1. The lowest BCUT2D eigenvalue weighted by atomic mass is 9.81. The Morgan fingerprint density at radius 3 is 2.35 bits per heavy atom. The van der Waals surface area contributed by atoms with Crippen LogP contribution < -0.4 is 9.46 Å². The molecule has 4 fully saturated rings. The van der Waals surface area contributed by atoms with Gasteiger partial charge in [-0.05, 0) is 130 Å². The number of ether oxygens (including phenoxy) is 1. The molecule has 9 rings (SSSR count). The first-order valence-electron chi connectivity index (χ1n) is 21.0. The molecule has 2 saturated carbocycles. The van der Waals surface area contributed by atoms with Crippen molar-refractivity contribution in [2.24, 2.45) is 5.92 Å². The van der Waals surface area contributed by atoms with Gasteiger partial charge in [0.2, 0.25) is 10.0 Å². The van der Waals surface area contributed by atoms with E-state index in [-0.39, 0.29) is 41.3 Å². The zero-order chi connectivity index (χ0) is 39.8. The molecule has 57 heavy (non-hydrogen) atoms. The lowest BCUT2D eigenvalue weighted by Gasteiger charge is -2.42. The van der Waals surface area contributed by atoms with Gasteiger partial charge in [-0.1, -0.05) is 39.2 Å². The van der Waals surface area contributed by atoms with Gasteiger partial charge in [-0.3, -0.25) is 14.3 Å². The highest BCUT2D eigenvalue weighted by molar-refractivity contribution is 7.90. The molecule has 2 bridgehead atoms. The fraction of sp³-hybridized carbons (Fsp3) is 0.533. The molecule has 2 amide bonds. The van der Waals surface area contributed by atoms with Gasteiger partial charge in [0, 0.05) is 34.1 Å². The van der Waals surface area contributed by atoms with E-state index in [9.17, 15) is 23.1 Å². The Morgan fingerprint density at radius 1 is 0.947 bits per heavy atom. The number of nitrogens with zero attached hydrogens (tertiary/aromatic N) is 4. The number of piperidine rings is 1. The van der Waals surface area contributed by atoms with Crippen LogP contribution >= 0.6 is 0 Å². The minimum absolute atomic E-state index is 0.0220. The summed E-state index contributed by atoms with van der Waals surface area (Å²) < 4.78 is 38.4. The zero-order valence-corrected chi connectivity index (χ0v) is 34.4. The Balaban J connectivity index is 1.23. The van der Waals surface area contributed by atoms with E-state index in [0.29, 0.717) is 30.9 Å². The maximum absolute atomic E-state index is 14.9. The van der Waals surface area contributed by atoms with Crippen LogP contribution in [-0.2, 0) is 16.6 Å². The normalized spacial score (nSPS) is 23.8. The highest BCUT2D eigenvalue weighted by Gasteiger charge is 2.48. The molecule has 2 N–H and O–H groups in total. The Hall–Kier alpha value is -4.42. The maximum Gasteiger partial charge on any atom is 0.264 e. The van der Waals surface area contributed by atoms with Crippen molar-refractivity contribution in [3.63, 3.8) is 0 Å². The van der Waals surface area contributed by atoms with Crippen LogP contribution in [0.15, 0.2) is 42.6 Å². The van der Waals surface area contributed by atoms with Crippen molar-refractivity contribution in [2.75, 3.05) is 12.9 Å². The SMILES string of the molecule is COc1ccc2c(c1)C=C(c1c(C(=O)N3C4CCC3CC(C)(O)C4)cnn1C1CCC1)Cn1c-2c(C2CCCCC2)c2ccc(C(=O)NS(=O)(=O)CC(C)C)cc21. The molecule has 4 aromatic rings. The molecule has 2 unspecified atom stereocenters. The number of fused-ring (bicyclic) bond motifs is 7. The quantitative estimate of drug-likeness (QED) is 0.175. The summed E-state index contributed by atoms with van der Waals surface area (Å²) in [6, 6.07) is 11.9. The number of carbonyl (C=O) groups is 2. The summed E-state index contributed by atoms with van der Waals surface area (Å²) in [4.78, 5) is 30.6. The second-order valence-electron chi connectivity index (χ2n) is 18.1. The summed E-state index contributed by atoms with van der Waals surface area (Å²) in [6.07, 6.45) is 15.5. The summed E-state index contributed by atoms with van der Waals surface area (Å²) in [5, 5.41) is 17.1. The molecule has 0 radical (unpaired) electrons. The number of amides is 2. The number of aliphatic hydroxyl groups is 1. The molecule has 0 spiro atoms. The lowest BCUT2D eigenvalue weighted by molar-refractivity contribution is -0.0300. The van der Waals surface area contributed by atoms with E-state index in [1.165, 1.54) is 12.0 Å². The number of aromatic nitrogens is 3. The largest absolute Gasteiger partial charge is 0.497 e. The average Bonchev–Trinajstić information content (AvgIpc) is 3.76. The Kier molecular flexibility index (Phi) is 9.66. The highest BCUT2D eigenvalue weighted by atomic mass is 32.2. The Labute approximate surface area is 335 Å². The van der Waals surface area contributed by atoms with Crippen molar-refractivity contribution in [1.29, 1.82) is 0 Å². The summed E-state index contributed by atoms with van der Waals surface area (Å²) >= 11 is 0. The van der Waals surface area contributed by atoms with Gasteiger partial charge in [-0.15, -0.1) is 0 Å². The third-order valence-corrected chi connectivity index (χ3v) is 14.9. The second-order valence-corrected chi connectivity index (χ2v) is 19.9. The second kappa shape index (κ2) is 14.4. The minimum atomic E-state index is -3.83. The first-order valence-corrected chi connectivity index (χ1v) is 22.7. The molecule has 2 aromatic carbocycles. The van der Waals surface area contributed by atoms with Crippen LogP contribution in [0.3, 0.4) is 0 Å². The van der Waals surface area contributed by atoms with Crippen LogP contribution in [0.25, 0.3) is 33.8 Å².